The zero-order valence-corrected chi connectivity index (χ0v) is 11.9. The number of hydrogen-bond acceptors (Lipinski definition) is 3. The fraction of sp³-hybridized carbons (Fsp3) is 0.312. The van der Waals surface area contributed by atoms with Crippen LogP contribution in [0.4, 0.5) is 0 Å². The summed E-state index contributed by atoms with van der Waals surface area (Å²) in [5, 5.41) is 13.1. The summed E-state index contributed by atoms with van der Waals surface area (Å²) < 4.78 is 5.18. The Labute approximate surface area is 118 Å². The van der Waals surface area contributed by atoms with Gasteiger partial charge >= 0.3 is 0 Å². The number of carbonyl (C=O) groups is 1. The number of benzene rings is 1. The van der Waals surface area contributed by atoms with E-state index in [-0.39, 0.29) is 12.5 Å². The van der Waals surface area contributed by atoms with Gasteiger partial charge in [-0.1, -0.05) is 18.2 Å². The molecule has 0 aliphatic rings. The molecule has 1 aromatic heterocycles. The summed E-state index contributed by atoms with van der Waals surface area (Å²) in [4.78, 5) is 12.2. The van der Waals surface area contributed by atoms with Crippen LogP contribution in [0.3, 0.4) is 0 Å². The van der Waals surface area contributed by atoms with Crippen LogP contribution in [0.15, 0.2) is 41.0 Å². The molecule has 1 aromatic carbocycles. The first-order chi connectivity index (χ1) is 9.42. The van der Waals surface area contributed by atoms with Gasteiger partial charge in [0.05, 0.1) is 12.8 Å². The van der Waals surface area contributed by atoms with Crippen molar-refractivity contribution in [2.24, 2.45) is 0 Å². The van der Waals surface area contributed by atoms with Crippen molar-refractivity contribution < 1.29 is 14.3 Å². The lowest BCUT2D eigenvalue weighted by Gasteiger charge is -2.21. The van der Waals surface area contributed by atoms with E-state index in [0.29, 0.717) is 11.3 Å². The Morgan fingerprint density at radius 1 is 1.25 bits per heavy atom. The molecule has 0 saturated heterocycles. The van der Waals surface area contributed by atoms with Gasteiger partial charge < -0.3 is 14.8 Å². The molecule has 1 amide bonds. The number of hydrogen-bond donors (Lipinski definition) is 2. The van der Waals surface area contributed by atoms with E-state index >= 15 is 0 Å². The molecule has 106 valence electrons. The number of carbonyl (C=O) groups excluding carboxylic acids is 1. The third-order valence-electron chi connectivity index (χ3n) is 3.35. The monoisotopic (exact) mass is 273 g/mol. The highest BCUT2D eigenvalue weighted by Gasteiger charge is 2.27. The second kappa shape index (κ2) is 5.51. The molecule has 0 spiro atoms. The van der Waals surface area contributed by atoms with Crippen molar-refractivity contribution in [1.29, 1.82) is 0 Å². The van der Waals surface area contributed by atoms with E-state index in [9.17, 15) is 9.90 Å². The van der Waals surface area contributed by atoms with Gasteiger partial charge in [0.15, 0.2) is 0 Å². The number of nitrogens with one attached hydrogen (secondary N) is 1. The minimum Gasteiger partial charge on any atom is -0.466 e. The summed E-state index contributed by atoms with van der Waals surface area (Å²) in [6.45, 7) is 5.49. The Balaban J connectivity index is 2.10. The molecule has 20 heavy (non-hydrogen) atoms. The highest BCUT2D eigenvalue weighted by molar-refractivity contribution is 5.97. The topological polar surface area (TPSA) is 62.5 Å². The summed E-state index contributed by atoms with van der Waals surface area (Å²) in [6.07, 6.45) is 1.50. The summed E-state index contributed by atoms with van der Waals surface area (Å²) in [5.74, 6) is 0.242. The SMILES string of the molecule is Cc1cccc(C)c1C(=O)NCC(C)(O)c1ccco1. The van der Waals surface area contributed by atoms with Gasteiger partial charge in [-0.2, -0.15) is 0 Å². The summed E-state index contributed by atoms with van der Waals surface area (Å²) in [6, 6.07) is 9.10. The van der Waals surface area contributed by atoms with E-state index in [1.54, 1.807) is 19.1 Å². The van der Waals surface area contributed by atoms with Crippen molar-refractivity contribution in [3.05, 3.63) is 59.0 Å². The van der Waals surface area contributed by atoms with Crippen molar-refractivity contribution >= 4 is 5.91 Å². The van der Waals surface area contributed by atoms with Gasteiger partial charge in [-0.05, 0) is 44.0 Å². The molecule has 2 N–H and O–H groups in total. The van der Waals surface area contributed by atoms with Crippen molar-refractivity contribution in [2.45, 2.75) is 26.4 Å². The number of amides is 1. The first kappa shape index (κ1) is 14.3. The first-order valence-corrected chi connectivity index (χ1v) is 6.52. The predicted molar refractivity (Wildman–Crippen MR) is 76.5 cm³/mol. The van der Waals surface area contributed by atoms with Crippen LogP contribution in [-0.4, -0.2) is 17.6 Å². The number of rotatable bonds is 4. The molecule has 2 rings (SSSR count). The van der Waals surface area contributed by atoms with Crippen LogP contribution in [0.5, 0.6) is 0 Å². The van der Waals surface area contributed by atoms with E-state index in [1.165, 1.54) is 6.26 Å². The maximum Gasteiger partial charge on any atom is 0.251 e. The van der Waals surface area contributed by atoms with Gasteiger partial charge in [-0.15, -0.1) is 0 Å². The minimum absolute atomic E-state index is 0.0904. The molecule has 0 bridgehead atoms. The van der Waals surface area contributed by atoms with Gasteiger partial charge in [-0.25, -0.2) is 0 Å². The molecular formula is C16H19NO3. The van der Waals surface area contributed by atoms with E-state index in [2.05, 4.69) is 5.32 Å². The van der Waals surface area contributed by atoms with Crippen LogP contribution in [0, 0.1) is 13.8 Å². The molecule has 0 aliphatic carbocycles. The molecule has 1 heterocycles. The smallest absolute Gasteiger partial charge is 0.251 e. The average Bonchev–Trinajstić information content (AvgIpc) is 2.91. The van der Waals surface area contributed by atoms with Crippen molar-refractivity contribution in [3.63, 3.8) is 0 Å². The third kappa shape index (κ3) is 2.91. The quantitative estimate of drug-likeness (QED) is 0.899. The van der Waals surface area contributed by atoms with Crippen LogP contribution in [0.1, 0.15) is 34.2 Å². The molecule has 2 aromatic rings. The first-order valence-electron chi connectivity index (χ1n) is 6.52. The lowest BCUT2D eigenvalue weighted by Crippen LogP contribution is -2.38. The molecule has 0 radical (unpaired) electrons. The van der Waals surface area contributed by atoms with Gasteiger partial charge in [0, 0.05) is 5.56 Å². The largest absolute Gasteiger partial charge is 0.466 e. The number of furan rings is 1. The van der Waals surface area contributed by atoms with E-state index in [4.69, 9.17) is 4.42 Å². The average molecular weight is 273 g/mol. The molecule has 1 unspecified atom stereocenters. The molecule has 0 saturated carbocycles. The highest BCUT2D eigenvalue weighted by atomic mass is 16.4. The Morgan fingerprint density at radius 3 is 2.45 bits per heavy atom. The van der Waals surface area contributed by atoms with Crippen LogP contribution >= 0.6 is 0 Å². The lowest BCUT2D eigenvalue weighted by molar-refractivity contribution is 0.0330. The van der Waals surface area contributed by atoms with Gasteiger partial charge in [0.2, 0.25) is 0 Å². The lowest BCUT2D eigenvalue weighted by atomic mass is 10.0. The van der Waals surface area contributed by atoms with Crippen LogP contribution in [0.25, 0.3) is 0 Å². The maximum atomic E-state index is 12.2. The third-order valence-corrected chi connectivity index (χ3v) is 3.35. The van der Waals surface area contributed by atoms with Crippen molar-refractivity contribution in [2.75, 3.05) is 6.54 Å². The molecule has 1 atom stereocenters. The van der Waals surface area contributed by atoms with Crippen LogP contribution < -0.4 is 5.32 Å². The van der Waals surface area contributed by atoms with Crippen molar-refractivity contribution in [1.82, 2.24) is 5.32 Å². The normalized spacial score (nSPS) is 13.8. The van der Waals surface area contributed by atoms with Crippen molar-refractivity contribution in [3.8, 4) is 0 Å². The minimum atomic E-state index is -1.23. The standard InChI is InChI=1S/C16H19NO3/c1-11-6-4-7-12(2)14(11)15(18)17-10-16(3,19)13-8-5-9-20-13/h4-9,19H,10H2,1-3H3,(H,17,18). The van der Waals surface area contributed by atoms with E-state index in [1.807, 2.05) is 32.0 Å². The number of aliphatic hydroxyl groups is 1. The zero-order chi connectivity index (χ0) is 14.8. The van der Waals surface area contributed by atoms with E-state index < -0.39 is 5.60 Å². The molecule has 0 fully saturated rings. The Morgan fingerprint density at radius 2 is 1.90 bits per heavy atom. The van der Waals surface area contributed by atoms with Crippen LogP contribution in [-0.2, 0) is 5.60 Å². The van der Waals surface area contributed by atoms with Crippen LogP contribution in [0.2, 0.25) is 0 Å². The predicted octanol–water partition coefficient (Wildman–Crippen LogP) is 2.53. The van der Waals surface area contributed by atoms with Gasteiger partial charge in [0.1, 0.15) is 11.4 Å². The summed E-state index contributed by atoms with van der Waals surface area (Å²) in [5.41, 5.74) is 1.26. The zero-order valence-electron chi connectivity index (χ0n) is 11.9. The van der Waals surface area contributed by atoms with E-state index in [0.717, 1.165) is 11.1 Å². The Kier molecular flexibility index (Phi) is 3.95. The second-order valence-corrected chi connectivity index (χ2v) is 5.20. The second-order valence-electron chi connectivity index (χ2n) is 5.20. The number of aryl methyl sites for hydroxylation is 2. The highest BCUT2D eigenvalue weighted by Crippen LogP contribution is 2.20. The fourth-order valence-electron chi connectivity index (χ4n) is 2.19. The summed E-state index contributed by atoms with van der Waals surface area (Å²) in [7, 11) is 0. The Bertz CT molecular complexity index is 580. The Hall–Kier alpha value is -2.07. The molecule has 4 nitrogen and oxygen atoms in total. The fourth-order valence-corrected chi connectivity index (χ4v) is 2.19. The van der Waals surface area contributed by atoms with Gasteiger partial charge in [0.25, 0.3) is 5.91 Å². The maximum absolute atomic E-state index is 12.2. The summed E-state index contributed by atoms with van der Waals surface area (Å²) >= 11 is 0. The molecule has 0 aliphatic heterocycles. The molecular weight excluding hydrogens is 254 g/mol. The van der Waals surface area contributed by atoms with Gasteiger partial charge in [-0.3, -0.25) is 4.79 Å². The molecule has 4 heteroatoms.